The van der Waals surface area contributed by atoms with Crippen LogP contribution in [0.15, 0.2) is 64.1 Å². The fraction of sp³-hybridized carbons (Fsp3) is 0.263. The molecule has 1 amide bonds. The minimum atomic E-state index is -0.484. The van der Waals surface area contributed by atoms with Gasteiger partial charge in [-0.1, -0.05) is 47.6 Å². The number of fused-ring (bicyclic) bond motifs is 1. The first-order chi connectivity index (χ1) is 13.2. The van der Waals surface area contributed by atoms with Crippen LogP contribution < -0.4 is 0 Å². The third-order valence-electron chi connectivity index (χ3n) is 4.53. The number of carbonyl (C=O) groups is 1. The highest BCUT2D eigenvalue weighted by atomic mass is 16.6. The fourth-order valence-corrected chi connectivity index (χ4v) is 3.24. The van der Waals surface area contributed by atoms with Gasteiger partial charge in [-0.05, 0) is 29.6 Å². The highest BCUT2D eigenvalue weighted by Crippen LogP contribution is 2.35. The Morgan fingerprint density at radius 2 is 2.04 bits per heavy atom. The number of carbonyl (C=O) groups excluding carboxylic acids is 1. The molecule has 1 fully saturated rings. The van der Waals surface area contributed by atoms with Gasteiger partial charge < -0.3 is 9.15 Å². The van der Waals surface area contributed by atoms with Crippen LogP contribution in [0.2, 0.25) is 0 Å². The van der Waals surface area contributed by atoms with Gasteiger partial charge in [-0.15, -0.1) is 0 Å². The second kappa shape index (κ2) is 7.39. The molecule has 2 aromatic carbocycles. The van der Waals surface area contributed by atoms with E-state index < -0.39 is 12.1 Å². The van der Waals surface area contributed by atoms with Crippen LogP contribution >= 0.6 is 0 Å². The van der Waals surface area contributed by atoms with E-state index in [1.165, 1.54) is 4.90 Å². The second-order valence-electron chi connectivity index (χ2n) is 6.32. The van der Waals surface area contributed by atoms with Gasteiger partial charge in [0.2, 0.25) is 5.89 Å². The summed E-state index contributed by atoms with van der Waals surface area (Å²) in [6.45, 7) is 0.434. The molecular weight excluding hydrogens is 346 g/mol. The molecule has 8 nitrogen and oxygen atoms in total. The third kappa shape index (κ3) is 3.56. The molecule has 8 heteroatoms. The molecule has 0 radical (unpaired) electrons. The van der Waals surface area contributed by atoms with Crippen LogP contribution in [-0.4, -0.2) is 28.6 Å². The summed E-state index contributed by atoms with van der Waals surface area (Å²) < 4.78 is 11.3. The lowest BCUT2D eigenvalue weighted by atomic mass is 10.2. The van der Waals surface area contributed by atoms with Crippen LogP contribution in [0.5, 0.6) is 0 Å². The molecule has 136 valence electrons. The van der Waals surface area contributed by atoms with Crippen molar-refractivity contribution in [1.29, 1.82) is 0 Å². The predicted octanol–water partition coefficient (Wildman–Crippen LogP) is 4.59. The molecule has 1 aromatic heterocycles. The molecule has 2 atom stereocenters. The molecule has 2 heterocycles. The van der Waals surface area contributed by atoms with Crippen LogP contribution in [0, 0.1) is 0 Å². The lowest BCUT2D eigenvalue weighted by Crippen LogP contribution is -2.32. The SMILES string of the molecule is [N-]=[N+]=NC1CC(c2nc3ccccc3o2)N(C(=O)OCc2ccccc2)C1. The Kier molecular flexibility index (Phi) is 4.63. The Bertz CT molecular complexity index is 964. The summed E-state index contributed by atoms with van der Waals surface area (Å²) in [4.78, 5) is 21.5. The number of azide groups is 1. The third-order valence-corrected chi connectivity index (χ3v) is 4.53. The van der Waals surface area contributed by atoms with E-state index in [2.05, 4.69) is 15.0 Å². The van der Waals surface area contributed by atoms with E-state index in [0.717, 1.165) is 11.1 Å². The van der Waals surface area contributed by atoms with E-state index in [-0.39, 0.29) is 19.2 Å². The Balaban J connectivity index is 1.55. The molecular formula is C19H17N5O3. The maximum Gasteiger partial charge on any atom is 0.410 e. The lowest BCUT2D eigenvalue weighted by Gasteiger charge is -2.21. The number of aromatic nitrogens is 1. The van der Waals surface area contributed by atoms with Crippen LogP contribution in [0.1, 0.15) is 23.9 Å². The van der Waals surface area contributed by atoms with Crippen molar-refractivity contribution >= 4 is 17.2 Å². The number of likely N-dealkylation sites (tertiary alicyclic amines) is 1. The first kappa shape index (κ1) is 16.9. The Hall–Kier alpha value is -3.51. The molecule has 1 aliphatic heterocycles. The van der Waals surface area contributed by atoms with Crippen molar-refractivity contribution in [3.05, 3.63) is 76.5 Å². The van der Waals surface area contributed by atoms with Gasteiger partial charge in [-0.2, -0.15) is 0 Å². The average Bonchev–Trinajstić information content (AvgIpc) is 3.31. The van der Waals surface area contributed by atoms with E-state index >= 15 is 0 Å². The molecule has 1 aliphatic rings. The number of oxazole rings is 1. The number of ether oxygens (including phenoxy) is 1. The highest BCUT2D eigenvalue weighted by Gasteiger charge is 2.39. The largest absolute Gasteiger partial charge is 0.445 e. The van der Waals surface area contributed by atoms with Gasteiger partial charge in [0.05, 0.1) is 6.04 Å². The Morgan fingerprint density at radius 1 is 1.26 bits per heavy atom. The summed E-state index contributed by atoms with van der Waals surface area (Å²) >= 11 is 0. The lowest BCUT2D eigenvalue weighted by molar-refractivity contribution is 0.0878. The number of nitrogens with zero attached hydrogens (tertiary/aromatic N) is 5. The van der Waals surface area contributed by atoms with Crippen molar-refractivity contribution < 1.29 is 13.9 Å². The molecule has 0 spiro atoms. The summed E-state index contributed by atoms with van der Waals surface area (Å²) in [5.74, 6) is 0.420. The maximum atomic E-state index is 12.7. The number of hydrogen-bond acceptors (Lipinski definition) is 5. The van der Waals surface area contributed by atoms with E-state index in [0.29, 0.717) is 17.9 Å². The van der Waals surface area contributed by atoms with Gasteiger partial charge in [0.1, 0.15) is 18.2 Å². The normalized spacial score (nSPS) is 19.0. The minimum absolute atomic E-state index is 0.169. The standard InChI is InChI=1S/C19H17N5O3/c20-23-22-14-10-16(18-21-15-8-4-5-9-17(15)27-18)24(11-14)19(25)26-12-13-6-2-1-3-7-13/h1-9,14,16H,10-12H2. The molecule has 27 heavy (non-hydrogen) atoms. The zero-order valence-electron chi connectivity index (χ0n) is 14.4. The zero-order chi connectivity index (χ0) is 18.6. The van der Waals surface area contributed by atoms with Crippen molar-refractivity contribution in [3.8, 4) is 0 Å². The maximum absolute atomic E-state index is 12.7. The molecule has 3 aromatic rings. The molecule has 0 aliphatic carbocycles. The van der Waals surface area contributed by atoms with Crippen LogP contribution in [0.25, 0.3) is 21.5 Å². The summed E-state index contributed by atoms with van der Waals surface area (Å²) in [6.07, 6.45) is -0.0427. The van der Waals surface area contributed by atoms with E-state index in [1.54, 1.807) is 0 Å². The first-order valence-electron chi connectivity index (χ1n) is 8.61. The number of rotatable bonds is 4. The molecule has 0 saturated carbocycles. The highest BCUT2D eigenvalue weighted by molar-refractivity contribution is 5.73. The number of amides is 1. The molecule has 0 bridgehead atoms. The summed E-state index contributed by atoms with van der Waals surface area (Å²) in [5.41, 5.74) is 11.0. The quantitative estimate of drug-likeness (QED) is 0.384. The van der Waals surface area contributed by atoms with E-state index in [4.69, 9.17) is 14.7 Å². The van der Waals surface area contributed by atoms with Gasteiger partial charge >= 0.3 is 6.09 Å². The molecule has 2 unspecified atom stereocenters. The van der Waals surface area contributed by atoms with Gasteiger partial charge in [0.15, 0.2) is 5.58 Å². The van der Waals surface area contributed by atoms with E-state index in [9.17, 15) is 4.79 Å². The molecule has 1 saturated heterocycles. The Morgan fingerprint density at radius 3 is 2.81 bits per heavy atom. The van der Waals surface area contributed by atoms with Crippen LogP contribution in [0.4, 0.5) is 4.79 Å². The van der Waals surface area contributed by atoms with Gasteiger partial charge in [0, 0.05) is 11.5 Å². The number of hydrogen-bond donors (Lipinski definition) is 0. The Labute approximate surface area is 155 Å². The topological polar surface area (TPSA) is 104 Å². The second-order valence-corrected chi connectivity index (χ2v) is 6.32. The fourth-order valence-electron chi connectivity index (χ4n) is 3.24. The zero-order valence-corrected chi connectivity index (χ0v) is 14.4. The minimum Gasteiger partial charge on any atom is -0.445 e. The van der Waals surface area contributed by atoms with Crippen molar-refractivity contribution in [1.82, 2.24) is 9.88 Å². The van der Waals surface area contributed by atoms with Crippen molar-refractivity contribution in [2.24, 2.45) is 5.11 Å². The average molecular weight is 363 g/mol. The predicted molar refractivity (Wildman–Crippen MR) is 97.6 cm³/mol. The summed E-state index contributed by atoms with van der Waals surface area (Å²) in [7, 11) is 0. The van der Waals surface area contributed by atoms with Crippen molar-refractivity contribution in [2.45, 2.75) is 25.1 Å². The number of para-hydroxylation sites is 2. The van der Waals surface area contributed by atoms with Crippen LogP contribution in [0.3, 0.4) is 0 Å². The van der Waals surface area contributed by atoms with Gasteiger partial charge in [-0.3, -0.25) is 4.90 Å². The van der Waals surface area contributed by atoms with Crippen molar-refractivity contribution in [2.75, 3.05) is 6.54 Å². The van der Waals surface area contributed by atoms with Crippen LogP contribution in [-0.2, 0) is 11.3 Å². The van der Waals surface area contributed by atoms with Gasteiger partial charge in [0.25, 0.3) is 0 Å². The summed E-state index contributed by atoms with van der Waals surface area (Å²) in [6, 6.07) is 16.1. The first-order valence-corrected chi connectivity index (χ1v) is 8.61. The van der Waals surface area contributed by atoms with Gasteiger partial charge in [-0.25, -0.2) is 9.78 Å². The summed E-state index contributed by atoms with van der Waals surface area (Å²) in [5, 5.41) is 3.77. The monoisotopic (exact) mass is 363 g/mol. The smallest absolute Gasteiger partial charge is 0.410 e. The number of benzene rings is 2. The van der Waals surface area contributed by atoms with Crippen molar-refractivity contribution in [3.63, 3.8) is 0 Å². The molecule has 0 N–H and O–H groups in total. The molecule has 4 rings (SSSR count). The van der Waals surface area contributed by atoms with E-state index in [1.807, 2.05) is 54.6 Å².